The minimum Gasteiger partial charge on any atom is -0.322 e. The number of fused-ring (bicyclic) bond motifs is 1. The van der Waals surface area contributed by atoms with Crippen LogP contribution in [0.4, 0.5) is 34.9 Å². The quantitative estimate of drug-likeness (QED) is 0.292. The minimum absolute atomic E-state index is 0.0177. The highest BCUT2D eigenvalue weighted by atomic mass is 19.4. The van der Waals surface area contributed by atoms with Crippen molar-refractivity contribution in [3.63, 3.8) is 0 Å². The number of carbonyl (C=O) groups is 2. The Morgan fingerprint density at radius 2 is 1.74 bits per heavy atom. The third-order valence-electron chi connectivity index (χ3n) is 6.69. The van der Waals surface area contributed by atoms with Crippen molar-refractivity contribution in [2.24, 2.45) is 0 Å². The first-order valence-corrected chi connectivity index (χ1v) is 11.9. The number of nitrogens with zero attached hydrogens (tertiary/aromatic N) is 3. The Kier molecular flexibility index (Phi) is 6.21. The molecule has 39 heavy (non-hydrogen) atoms. The molecule has 0 bridgehead atoms. The molecular weight excluding hydrogens is 512 g/mol. The average Bonchev–Trinajstić information content (AvgIpc) is 3.11. The predicted octanol–water partition coefficient (Wildman–Crippen LogP) is 6.82. The topological polar surface area (TPSA) is 75.2 Å². The molecule has 0 spiro atoms. The number of halogens is 4. The number of hydrogen-bond acceptors (Lipinski definition) is 4. The van der Waals surface area contributed by atoms with E-state index in [0.717, 1.165) is 18.2 Å². The maximum absolute atomic E-state index is 14.0. The standard InChI is InChI=1S/C29H22F4N4O2/c1-16-7-9-18(15-22(16)30)36-26(38)20-14-17(8-10-21(20)29(31,32)33)19-11-13-35-25-24(19)28(2,3)27(39)37(25)23-6-4-5-12-34-23/h4-15H,1-3H3,(H,36,38). The molecule has 5 rings (SSSR count). The Morgan fingerprint density at radius 1 is 0.974 bits per heavy atom. The summed E-state index contributed by atoms with van der Waals surface area (Å²) in [5.74, 6) is -1.29. The number of aryl methyl sites for hydroxylation is 1. The van der Waals surface area contributed by atoms with E-state index in [9.17, 15) is 27.2 Å². The maximum Gasteiger partial charge on any atom is 0.417 e. The molecule has 0 radical (unpaired) electrons. The molecule has 0 unspecified atom stereocenters. The molecule has 0 aliphatic carbocycles. The van der Waals surface area contributed by atoms with Gasteiger partial charge in [0, 0.05) is 23.6 Å². The first-order valence-electron chi connectivity index (χ1n) is 11.9. The summed E-state index contributed by atoms with van der Waals surface area (Å²) in [4.78, 5) is 36.6. The molecule has 0 saturated carbocycles. The molecule has 0 atom stereocenters. The van der Waals surface area contributed by atoms with Crippen LogP contribution < -0.4 is 10.2 Å². The van der Waals surface area contributed by atoms with Crippen molar-refractivity contribution in [1.82, 2.24) is 9.97 Å². The highest BCUT2D eigenvalue weighted by Crippen LogP contribution is 2.48. The van der Waals surface area contributed by atoms with Gasteiger partial charge in [-0.25, -0.2) is 19.3 Å². The highest BCUT2D eigenvalue weighted by Gasteiger charge is 2.48. The van der Waals surface area contributed by atoms with Crippen molar-refractivity contribution < 1.29 is 27.2 Å². The van der Waals surface area contributed by atoms with Crippen molar-refractivity contribution >= 4 is 29.1 Å². The number of carbonyl (C=O) groups excluding carboxylic acids is 2. The van der Waals surface area contributed by atoms with Gasteiger partial charge in [-0.1, -0.05) is 18.2 Å². The lowest BCUT2D eigenvalue weighted by atomic mass is 9.82. The summed E-state index contributed by atoms with van der Waals surface area (Å²) in [6, 6.07) is 13.8. The van der Waals surface area contributed by atoms with Crippen molar-refractivity contribution in [3.05, 3.63) is 101 Å². The Bertz CT molecular complexity index is 1620. The lowest BCUT2D eigenvalue weighted by molar-refractivity contribution is -0.137. The second-order valence-electron chi connectivity index (χ2n) is 9.69. The fraction of sp³-hybridized carbons (Fsp3) is 0.172. The summed E-state index contributed by atoms with van der Waals surface area (Å²) in [5, 5.41) is 2.36. The zero-order valence-corrected chi connectivity index (χ0v) is 21.1. The Morgan fingerprint density at radius 3 is 2.41 bits per heavy atom. The van der Waals surface area contributed by atoms with Gasteiger partial charge < -0.3 is 5.32 Å². The van der Waals surface area contributed by atoms with Crippen molar-refractivity contribution in [2.45, 2.75) is 32.4 Å². The van der Waals surface area contributed by atoms with E-state index in [1.165, 1.54) is 42.4 Å². The number of nitrogens with one attached hydrogen (secondary N) is 1. The third kappa shape index (κ3) is 4.52. The van der Waals surface area contributed by atoms with E-state index in [-0.39, 0.29) is 17.2 Å². The molecular formula is C29H22F4N4O2. The molecule has 1 N–H and O–H groups in total. The number of benzene rings is 2. The first kappa shape index (κ1) is 26.0. The van der Waals surface area contributed by atoms with E-state index in [1.807, 2.05) is 0 Å². The number of rotatable bonds is 4. The molecule has 2 amide bonds. The van der Waals surface area contributed by atoms with Gasteiger partial charge in [0.25, 0.3) is 5.91 Å². The lowest BCUT2D eigenvalue weighted by Gasteiger charge is -2.20. The number of anilines is 3. The monoisotopic (exact) mass is 534 g/mol. The van der Waals surface area contributed by atoms with E-state index in [2.05, 4.69) is 15.3 Å². The van der Waals surface area contributed by atoms with Gasteiger partial charge >= 0.3 is 6.18 Å². The fourth-order valence-corrected chi connectivity index (χ4v) is 4.67. The molecule has 10 heteroatoms. The van der Waals surface area contributed by atoms with Crippen LogP contribution in [0.3, 0.4) is 0 Å². The maximum atomic E-state index is 14.0. The second kappa shape index (κ2) is 9.30. The van der Waals surface area contributed by atoms with E-state index in [0.29, 0.717) is 28.3 Å². The van der Waals surface area contributed by atoms with Crippen LogP contribution in [0.1, 0.15) is 40.9 Å². The molecule has 1 aliphatic heterocycles. The number of aromatic nitrogens is 2. The molecule has 198 valence electrons. The van der Waals surface area contributed by atoms with Crippen LogP contribution in [0.5, 0.6) is 0 Å². The smallest absolute Gasteiger partial charge is 0.322 e. The molecule has 0 saturated heterocycles. The van der Waals surface area contributed by atoms with Crippen LogP contribution in [0, 0.1) is 12.7 Å². The predicted molar refractivity (Wildman–Crippen MR) is 138 cm³/mol. The number of hydrogen-bond donors (Lipinski definition) is 1. The number of pyridine rings is 2. The Labute approximate surface area is 221 Å². The van der Waals surface area contributed by atoms with Crippen molar-refractivity contribution in [1.29, 1.82) is 0 Å². The van der Waals surface area contributed by atoms with Crippen LogP contribution in [0.2, 0.25) is 0 Å². The number of alkyl halides is 3. The summed E-state index contributed by atoms with van der Waals surface area (Å²) < 4.78 is 55.8. The second-order valence-corrected chi connectivity index (χ2v) is 9.69. The Hall–Kier alpha value is -4.60. The summed E-state index contributed by atoms with van der Waals surface area (Å²) in [7, 11) is 0. The van der Waals surface area contributed by atoms with Gasteiger partial charge in [0.1, 0.15) is 17.5 Å². The first-order chi connectivity index (χ1) is 18.4. The highest BCUT2D eigenvalue weighted by molar-refractivity contribution is 6.13. The van der Waals surface area contributed by atoms with Gasteiger partial charge in [-0.3, -0.25) is 9.59 Å². The summed E-state index contributed by atoms with van der Waals surface area (Å²) in [5.41, 5.74) is -1.32. The van der Waals surface area contributed by atoms with Gasteiger partial charge in [0.05, 0.1) is 16.5 Å². The van der Waals surface area contributed by atoms with E-state index >= 15 is 0 Å². The van der Waals surface area contributed by atoms with Crippen molar-refractivity contribution in [2.75, 3.05) is 10.2 Å². The van der Waals surface area contributed by atoms with Gasteiger partial charge in [-0.2, -0.15) is 13.2 Å². The number of amides is 2. The van der Waals surface area contributed by atoms with Gasteiger partial charge in [-0.15, -0.1) is 0 Å². The van der Waals surface area contributed by atoms with Crippen molar-refractivity contribution in [3.8, 4) is 11.1 Å². The van der Waals surface area contributed by atoms with E-state index in [4.69, 9.17) is 0 Å². The van der Waals surface area contributed by atoms with E-state index < -0.39 is 34.4 Å². The van der Waals surface area contributed by atoms with Crippen LogP contribution in [0.25, 0.3) is 11.1 Å². The SMILES string of the molecule is Cc1ccc(NC(=O)c2cc(-c3ccnc4c3C(C)(C)C(=O)N4c3ccccn3)ccc2C(F)(F)F)cc1F. The Balaban J connectivity index is 1.64. The zero-order chi connectivity index (χ0) is 28.1. The molecule has 2 aromatic carbocycles. The van der Waals surface area contributed by atoms with Gasteiger partial charge in [0.2, 0.25) is 5.91 Å². The van der Waals surface area contributed by atoms with Gasteiger partial charge in [0.15, 0.2) is 0 Å². The third-order valence-corrected chi connectivity index (χ3v) is 6.69. The van der Waals surface area contributed by atoms with Crippen LogP contribution in [-0.2, 0) is 16.4 Å². The summed E-state index contributed by atoms with van der Waals surface area (Å²) in [6.07, 6.45) is -1.83. The molecule has 0 fully saturated rings. The van der Waals surface area contributed by atoms with E-state index in [1.54, 1.807) is 38.1 Å². The van der Waals surface area contributed by atoms with Crippen LogP contribution in [-0.4, -0.2) is 21.8 Å². The molecule has 2 aromatic heterocycles. The zero-order valence-electron chi connectivity index (χ0n) is 21.1. The van der Waals surface area contributed by atoms with Crippen LogP contribution >= 0.6 is 0 Å². The normalized spacial score (nSPS) is 14.3. The lowest BCUT2D eigenvalue weighted by Crippen LogP contribution is -2.33. The molecule has 4 aromatic rings. The minimum atomic E-state index is -4.82. The fourth-order valence-electron chi connectivity index (χ4n) is 4.67. The van der Waals surface area contributed by atoms with Gasteiger partial charge in [-0.05, 0) is 79.9 Å². The summed E-state index contributed by atoms with van der Waals surface area (Å²) >= 11 is 0. The van der Waals surface area contributed by atoms with Crippen LogP contribution in [0.15, 0.2) is 73.1 Å². The summed E-state index contributed by atoms with van der Waals surface area (Å²) in [6.45, 7) is 4.93. The largest absolute Gasteiger partial charge is 0.417 e. The molecule has 1 aliphatic rings. The average molecular weight is 535 g/mol. The molecule has 6 nitrogen and oxygen atoms in total. The molecule has 3 heterocycles.